The third kappa shape index (κ3) is 54.8. The van der Waals surface area contributed by atoms with Crippen molar-refractivity contribution < 1.29 is 37.3 Å². The lowest BCUT2D eigenvalue weighted by Gasteiger charge is -2.30. The van der Waals surface area contributed by atoms with Gasteiger partial charge in [0.25, 0.3) is 7.82 Å². The van der Waals surface area contributed by atoms with E-state index in [1.54, 1.807) is 0 Å². The number of hydrogen-bond donors (Lipinski definition) is 1. The number of amides is 1. The van der Waals surface area contributed by atoms with Crippen molar-refractivity contribution in [3.05, 3.63) is 36.5 Å². The summed E-state index contributed by atoms with van der Waals surface area (Å²) < 4.78 is 30.2. The van der Waals surface area contributed by atoms with Gasteiger partial charge in [0.2, 0.25) is 5.91 Å². The molecule has 0 saturated heterocycles. The Kier molecular flexibility index (Phi) is 52.3. The minimum absolute atomic E-state index is 0.0293. The Bertz CT molecular complexity index is 1350. The van der Waals surface area contributed by atoms with Crippen molar-refractivity contribution in [1.82, 2.24) is 5.32 Å². The summed E-state index contributed by atoms with van der Waals surface area (Å²) in [5.74, 6) is -0.607. The Morgan fingerprint density at radius 1 is 0.479 bits per heavy atom. The molecule has 0 bridgehead atoms. The van der Waals surface area contributed by atoms with Crippen LogP contribution in [0.2, 0.25) is 0 Å². The van der Waals surface area contributed by atoms with Crippen LogP contribution in [0.3, 0.4) is 0 Å². The van der Waals surface area contributed by atoms with Gasteiger partial charge in [0, 0.05) is 12.8 Å². The molecule has 73 heavy (non-hydrogen) atoms. The van der Waals surface area contributed by atoms with Crippen LogP contribution in [0.25, 0.3) is 0 Å². The fourth-order valence-electron chi connectivity index (χ4n) is 9.22. The number of carbonyl (C=O) groups excluding carboxylic acids is 2. The van der Waals surface area contributed by atoms with Gasteiger partial charge in [0.1, 0.15) is 19.3 Å². The van der Waals surface area contributed by atoms with Crippen LogP contribution in [-0.4, -0.2) is 69.4 Å². The summed E-state index contributed by atoms with van der Waals surface area (Å²) in [4.78, 5) is 39.8. The molecule has 0 aliphatic rings. The van der Waals surface area contributed by atoms with Crippen LogP contribution in [0.5, 0.6) is 0 Å². The lowest BCUT2D eigenvalue weighted by Crippen LogP contribution is -2.47. The zero-order valence-electron chi connectivity index (χ0n) is 49.1. The number of hydrogen-bond acceptors (Lipinski definition) is 7. The molecule has 0 aliphatic carbocycles. The topological polar surface area (TPSA) is 114 Å². The minimum Gasteiger partial charge on any atom is -0.756 e. The predicted molar refractivity (Wildman–Crippen MR) is 312 cm³/mol. The van der Waals surface area contributed by atoms with Crippen molar-refractivity contribution in [2.45, 2.75) is 315 Å². The number of phosphoric ester groups is 1. The highest BCUT2D eigenvalue weighted by Gasteiger charge is 2.27. The maximum Gasteiger partial charge on any atom is 0.306 e. The molecule has 0 rings (SSSR count). The summed E-state index contributed by atoms with van der Waals surface area (Å²) in [6.45, 7) is 6.81. The van der Waals surface area contributed by atoms with Crippen LogP contribution in [0.4, 0.5) is 0 Å². The number of allylic oxidation sites excluding steroid dienone is 5. The highest BCUT2D eigenvalue weighted by molar-refractivity contribution is 7.45. The summed E-state index contributed by atoms with van der Waals surface area (Å²) in [6.07, 6.45) is 64.3. The molecule has 10 heteroatoms. The van der Waals surface area contributed by atoms with E-state index >= 15 is 0 Å². The van der Waals surface area contributed by atoms with Crippen molar-refractivity contribution in [2.75, 3.05) is 40.9 Å². The summed E-state index contributed by atoms with van der Waals surface area (Å²) in [6, 6.07) is -0.914. The van der Waals surface area contributed by atoms with Gasteiger partial charge in [-0.2, -0.15) is 0 Å². The molecule has 0 aromatic carbocycles. The molecule has 0 radical (unpaired) electrons. The van der Waals surface area contributed by atoms with Gasteiger partial charge >= 0.3 is 5.97 Å². The quantitative estimate of drug-likeness (QED) is 0.0212. The summed E-state index contributed by atoms with van der Waals surface area (Å²) in [5.41, 5.74) is 0. The normalized spacial score (nSPS) is 13.9. The standard InChI is InChI=1S/C63H121N2O7P/c1-7-10-13-16-19-22-25-27-28-29-30-31-32-33-34-35-36-38-41-44-47-50-53-56-63(67)72-61(54-51-48-45-42-39-24-21-18-15-12-9-3)60(59-71-73(68,69)70-58-57-65(4,5)6)64-62(66)55-52-49-46-43-40-37-26-23-20-17-14-11-8-2/h37,40,46,49,51,54,60-61H,7-36,38-39,41-45,47-48,50,52-53,55-59H2,1-6H3,(H-,64,66,68,69)/b40-37-,49-46+,54-51-. The maximum absolute atomic E-state index is 13.4. The van der Waals surface area contributed by atoms with Gasteiger partial charge in [0.05, 0.1) is 33.8 Å². The van der Waals surface area contributed by atoms with E-state index < -0.39 is 26.6 Å². The van der Waals surface area contributed by atoms with Gasteiger partial charge in [0.15, 0.2) is 0 Å². The first-order valence-corrected chi connectivity index (χ1v) is 32.8. The summed E-state index contributed by atoms with van der Waals surface area (Å²) >= 11 is 0. The number of nitrogens with zero attached hydrogens (tertiary/aromatic N) is 1. The third-order valence-electron chi connectivity index (χ3n) is 14.1. The molecule has 0 fully saturated rings. The second-order valence-electron chi connectivity index (χ2n) is 22.6. The van der Waals surface area contributed by atoms with E-state index in [-0.39, 0.29) is 31.3 Å². The van der Waals surface area contributed by atoms with Crippen LogP contribution in [0, 0.1) is 0 Å². The van der Waals surface area contributed by atoms with Crippen LogP contribution in [0.15, 0.2) is 36.5 Å². The molecule has 9 nitrogen and oxygen atoms in total. The summed E-state index contributed by atoms with van der Waals surface area (Å²) in [7, 11) is 1.16. The highest BCUT2D eigenvalue weighted by Crippen LogP contribution is 2.38. The number of quaternary nitrogens is 1. The first-order valence-electron chi connectivity index (χ1n) is 31.3. The van der Waals surface area contributed by atoms with E-state index in [2.05, 4.69) is 44.3 Å². The molecule has 430 valence electrons. The zero-order valence-corrected chi connectivity index (χ0v) is 50.0. The van der Waals surface area contributed by atoms with Crippen molar-refractivity contribution >= 4 is 19.7 Å². The molecule has 3 atom stereocenters. The minimum atomic E-state index is -4.70. The summed E-state index contributed by atoms with van der Waals surface area (Å²) in [5, 5.41) is 2.98. The first kappa shape index (κ1) is 71.2. The molecular formula is C63H121N2O7P. The lowest BCUT2D eigenvalue weighted by molar-refractivity contribution is -0.870. The van der Waals surface area contributed by atoms with Crippen molar-refractivity contribution in [1.29, 1.82) is 0 Å². The number of carbonyl (C=O) groups is 2. The molecular weight excluding hydrogens is 928 g/mol. The van der Waals surface area contributed by atoms with Crippen LogP contribution >= 0.6 is 7.82 Å². The van der Waals surface area contributed by atoms with E-state index in [0.717, 1.165) is 51.4 Å². The molecule has 0 aliphatic heterocycles. The number of ether oxygens (including phenoxy) is 1. The second kappa shape index (κ2) is 53.6. The Balaban J connectivity index is 5.12. The highest BCUT2D eigenvalue weighted by atomic mass is 31.2. The fraction of sp³-hybridized carbons (Fsp3) is 0.873. The van der Waals surface area contributed by atoms with Crippen molar-refractivity contribution in [3.8, 4) is 0 Å². The van der Waals surface area contributed by atoms with E-state index in [9.17, 15) is 19.0 Å². The van der Waals surface area contributed by atoms with Gasteiger partial charge in [-0.1, -0.05) is 276 Å². The molecule has 0 heterocycles. The van der Waals surface area contributed by atoms with Gasteiger partial charge in [-0.3, -0.25) is 14.2 Å². The van der Waals surface area contributed by atoms with E-state index in [0.29, 0.717) is 17.4 Å². The molecule has 0 saturated carbocycles. The van der Waals surface area contributed by atoms with Gasteiger partial charge in [-0.15, -0.1) is 0 Å². The molecule has 0 spiro atoms. The van der Waals surface area contributed by atoms with E-state index in [1.165, 1.54) is 212 Å². The van der Waals surface area contributed by atoms with Crippen LogP contribution in [0.1, 0.15) is 303 Å². The van der Waals surface area contributed by atoms with Crippen molar-refractivity contribution in [2.24, 2.45) is 0 Å². The number of esters is 1. The Morgan fingerprint density at radius 3 is 1.26 bits per heavy atom. The van der Waals surface area contributed by atoms with Crippen molar-refractivity contribution in [3.63, 3.8) is 0 Å². The third-order valence-corrected chi connectivity index (χ3v) is 15.1. The number of phosphoric acid groups is 1. The van der Waals surface area contributed by atoms with Gasteiger partial charge < -0.3 is 28.5 Å². The van der Waals surface area contributed by atoms with Crippen LogP contribution < -0.4 is 10.2 Å². The number of likely N-dealkylation sites (N-methyl/N-ethyl adjacent to an activating group) is 1. The molecule has 1 N–H and O–H groups in total. The van der Waals surface area contributed by atoms with Gasteiger partial charge in [-0.05, 0) is 51.0 Å². The van der Waals surface area contributed by atoms with Crippen LogP contribution in [-0.2, 0) is 27.9 Å². The average molecular weight is 1050 g/mol. The second-order valence-corrected chi connectivity index (χ2v) is 24.0. The number of nitrogens with one attached hydrogen (secondary N) is 1. The fourth-order valence-corrected chi connectivity index (χ4v) is 9.94. The Hall–Kier alpha value is -1.77. The monoisotopic (exact) mass is 1050 g/mol. The first-order chi connectivity index (χ1) is 35.4. The average Bonchev–Trinajstić information content (AvgIpc) is 3.35. The SMILES string of the molecule is CCCCCCCC/C=C\C/C=C/CCC(=O)NC(COP(=O)([O-])OCC[N+](C)(C)C)C(/C=C\CCCCCCCCCCC)OC(=O)CCCCCCCCCCCCCCCCCCCCCCCCC. The molecule has 1 amide bonds. The molecule has 0 aromatic rings. The zero-order chi connectivity index (χ0) is 53.6. The largest absolute Gasteiger partial charge is 0.756 e. The number of unbranched alkanes of at least 4 members (excludes halogenated alkanes) is 37. The Morgan fingerprint density at radius 2 is 0.849 bits per heavy atom. The Labute approximate surface area is 453 Å². The predicted octanol–water partition coefficient (Wildman–Crippen LogP) is 18.5. The van der Waals surface area contributed by atoms with Gasteiger partial charge in [-0.25, -0.2) is 0 Å². The molecule has 3 unspecified atom stereocenters. The lowest BCUT2D eigenvalue weighted by atomic mass is 10.0. The molecule has 0 aromatic heterocycles. The van der Waals surface area contributed by atoms with E-state index in [4.69, 9.17) is 13.8 Å². The smallest absolute Gasteiger partial charge is 0.306 e. The maximum atomic E-state index is 13.4. The van der Waals surface area contributed by atoms with E-state index in [1.807, 2.05) is 39.4 Å². The number of rotatable bonds is 57.